The molecule has 0 radical (unpaired) electrons. The third-order valence-corrected chi connectivity index (χ3v) is 7.76. The predicted octanol–water partition coefficient (Wildman–Crippen LogP) is 11.4. The average molecular weight is 540 g/mol. The monoisotopic (exact) mass is 538 g/mol. The number of carbonyl (C=O) groups is 2. The number of carbonyl (C=O) groups excluding carboxylic acids is 2. The van der Waals surface area contributed by atoms with E-state index in [0.29, 0.717) is 11.1 Å². The van der Waals surface area contributed by atoms with Gasteiger partial charge in [0.25, 0.3) is 10.5 Å². The van der Waals surface area contributed by atoms with Crippen LogP contribution in [-0.2, 0) is 12.8 Å². The zero-order valence-corrected chi connectivity index (χ0v) is 24.8. The second-order valence-corrected chi connectivity index (χ2v) is 11.3. The standard InChI is InChI=1S/C32H52Cl2O2/c1-3-5-7-9-11-13-15-17-19-21-23-27-25-30(32(34)36)28(26-29(27)31(33)35)24-22-20-18-16-14-12-10-8-6-4-2/h25-26H,3-24H2,1-2H3. The van der Waals surface area contributed by atoms with Gasteiger partial charge in [-0.05, 0) is 72.1 Å². The Labute approximate surface area is 232 Å². The summed E-state index contributed by atoms with van der Waals surface area (Å²) < 4.78 is 0. The molecule has 0 aliphatic rings. The van der Waals surface area contributed by atoms with E-state index in [-0.39, 0.29) is 0 Å². The Balaban J connectivity index is 2.46. The lowest BCUT2D eigenvalue weighted by atomic mass is 9.92. The first-order valence-electron chi connectivity index (χ1n) is 15.1. The molecule has 0 fully saturated rings. The van der Waals surface area contributed by atoms with Crippen LogP contribution < -0.4 is 0 Å². The highest BCUT2D eigenvalue weighted by Crippen LogP contribution is 2.25. The van der Waals surface area contributed by atoms with E-state index in [1.54, 1.807) is 0 Å². The Morgan fingerprint density at radius 3 is 0.972 bits per heavy atom. The van der Waals surface area contributed by atoms with Crippen LogP contribution in [0.15, 0.2) is 12.1 Å². The molecule has 0 spiro atoms. The van der Waals surface area contributed by atoms with E-state index >= 15 is 0 Å². The van der Waals surface area contributed by atoms with Gasteiger partial charge in [-0.1, -0.05) is 129 Å². The molecule has 1 aromatic rings. The molecular formula is C32H52Cl2O2. The zero-order valence-electron chi connectivity index (χ0n) is 23.3. The number of halogens is 2. The van der Waals surface area contributed by atoms with Gasteiger partial charge in [-0.25, -0.2) is 0 Å². The number of benzene rings is 1. The summed E-state index contributed by atoms with van der Waals surface area (Å²) in [7, 11) is 0. The lowest BCUT2D eigenvalue weighted by Gasteiger charge is -2.13. The third kappa shape index (κ3) is 15.4. The molecule has 0 bridgehead atoms. The molecule has 0 atom stereocenters. The maximum Gasteiger partial charge on any atom is 0.252 e. The fraction of sp³-hybridized carbons (Fsp3) is 0.750. The number of aryl methyl sites for hydroxylation is 2. The fourth-order valence-corrected chi connectivity index (χ4v) is 5.43. The minimum atomic E-state index is -0.435. The van der Waals surface area contributed by atoms with Gasteiger partial charge in [0.15, 0.2) is 0 Å². The first-order valence-corrected chi connectivity index (χ1v) is 15.8. The van der Waals surface area contributed by atoms with Crippen LogP contribution in [0.25, 0.3) is 0 Å². The second kappa shape index (κ2) is 22.2. The van der Waals surface area contributed by atoms with E-state index in [4.69, 9.17) is 23.2 Å². The van der Waals surface area contributed by atoms with Gasteiger partial charge in [-0.15, -0.1) is 0 Å². The summed E-state index contributed by atoms with van der Waals surface area (Å²) in [6.45, 7) is 4.50. The van der Waals surface area contributed by atoms with Crippen molar-refractivity contribution in [2.75, 3.05) is 0 Å². The van der Waals surface area contributed by atoms with Gasteiger partial charge in [0.05, 0.1) is 0 Å². The van der Waals surface area contributed by atoms with Crippen molar-refractivity contribution in [2.45, 2.75) is 155 Å². The molecule has 0 saturated heterocycles. The summed E-state index contributed by atoms with van der Waals surface area (Å²) in [4.78, 5) is 24.3. The first-order chi connectivity index (χ1) is 17.5. The van der Waals surface area contributed by atoms with Crippen molar-refractivity contribution in [3.05, 3.63) is 34.4 Å². The Bertz CT molecular complexity index is 667. The van der Waals surface area contributed by atoms with Crippen LogP contribution >= 0.6 is 23.2 Å². The largest absolute Gasteiger partial charge is 0.276 e. The highest BCUT2D eigenvalue weighted by molar-refractivity contribution is 6.68. The summed E-state index contributed by atoms with van der Waals surface area (Å²) in [5.74, 6) is 0. The molecule has 2 nitrogen and oxygen atoms in total. The molecule has 0 aromatic heterocycles. The molecule has 1 rings (SSSR count). The Morgan fingerprint density at radius 1 is 0.472 bits per heavy atom. The van der Waals surface area contributed by atoms with Gasteiger partial charge in [0.2, 0.25) is 0 Å². The number of rotatable bonds is 24. The van der Waals surface area contributed by atoms with Crippen LogP contribution in [0.1, 0.15) is 174 Å². The highest BCUT2D eigenvalue weighted by atomic mass is 35.5. The molecule has 36 heavy (non-hydrogen) atoms. The molecule has 4 heteroatoms. The van der Waals surface area contributed by atoms with Gasteiger partial charge in [0, 0.05) is 11.1 Å². The Kier molecular flexibility index (Phi) is 20.4. The average Bonchev–Trinajstić information content (AvgIpc) is 2.86. The summed E-state index contributed by atoms with van der Waals surface area (Å²) in [5, 5.41) is -0.870. The van der Waals surface area contributed by atoms with Crippen LogP contribution in [0.2, 0.25) is 0 Å². The van der Waals surface area contributed by atoms with Gasteiger partial charge in [-0.2, -0.15) is 0 Å². The van der Waals surface area contributed by atoms with Gasteiger partial charge in [0.1, 0.15) is 0 Å². The smallest absolute Gasteiger partial charge is 0.252 e. The summed E-state index contributed by atoms with van der Waals surface area (Å²) in [5.41, 5.74) is 2.84. The normalized spacial score (nSPS) is 11.2. The summed E-state index contributed by atoms with van der Waals surface area (Å²) in [6.07, 6.45) is 26.8. The molecule has 0 aliphatic heterocycles. The topological polar surface area (TPSA) is 34.1 Å². The van der Waals surface area contributed by atoms with E-state index in [2.05, 4.69) is 13.8 Å². The van der Waals surface area contributed by atoms with Crippen molar-refractivity contribution in [3.8, 4) is 0 Å². The maximum atomic E-state index is 12.2. The minimum absolute atomic E-state index is 0.435. The van der Waals surface area contributed by atoms with Crippen LogP contribution in [0, 0.1) is 0 Å². The van der Waals surface area contributed by atoms with Crippen LogP contribution in [0.5, 0.6) is 0 Å². The molecule has 0 N–H and O–H groups in total. The molecule has 0 amide bonds. The fourth-order valence-electron chi connectivity index (χ4n) is 5.07. The van der Waals surface area contributed by atoms with Crippen molar-refractivity contribution in [2.24, 2.45) is 0 Å². The van der Waals surface area contributed by atoms with E-state index in [1.165, 1.54) is 103 Å². The number of hydrogen-bond donors (Lipinski definition) is 0. The van der Waals surface area contributed by atoms with Crippen molar-refractivity contribution in [3.63, 3.8) is 0 Å². The van der Waals surface area contributed by atoms with Crippen LogP contribution in [-0.4, -0.2) is 10.5 Å². The van der Waals surface area contributed by atoms with Gasteiger partial charge in [-0.3, -0.25) is 9.59 Å². The number of hydrogen-bond acceptors (Lipinski definition) is 2. The van der Waals surface area contributed by atoms with Crippen LogP contribution in [0.3, 0.4) is 0 Å². The molecule has 0 unspecified atom stereocenters. The Hall–Kier alpha value is -0.860. The zero-order chi connectivity index (χ0) is 26.4. The molecular weight excluding hydrogens is 487 g/mol. The van der Waals surface area contributed by atoms with Gasteiger partial charge < -0.3 is 0 Å². The number of unbranched alkanes of at least 4 members (excludes halogenated alkanes) is 18. The first kappa shape index (κ1) is 33.2. The second-order valence-electron chi connectivity index (χ2n) is 10.6. The van der Waals surface area contributed by atoms with Crippen LogP contribution in [0.4, 0.5) is 0 Å². The minimum Gasteiger partial charge on any atom is -0.276 e. The van der Waals surface area contributed by atoms with Crippen molar-refractivity contribution < 1.29 is 9.59 Å². The molecule has 206 valence electrons. The lowest BCUT2D eigenvalue weighted by molar-refractivity contribution is 0.106. The Morgan fingerprint density at radius 2 is 0.722 bits per heavy atom. The molecule has 1 aromatic carbocycles. The van der Waals surface area contributed by atoms with E-state index in [1.807, 2.05) is 12.1 Å². The van der Waals surface area contributed by atoms with Gasteiger partial charge >= 0.3 is 0 Å². The quantitative estimate of drug-likeness (QED) is 0.0967. The van der Waals surface area contributed by atoms with E-state index in [9.17, 15) is 9.59 Å². The molecule has 0 aliphatic carbocycles. The maximum absolute atomic E-state index is 12.2. The highest BCUT2D eigenvalue weighted by Gasteiger charge is 2.17. The molecule has 0 saturated carbocycles. The van der Waals surface area contributed by atoms with Crippen molar-refractivity contribution in [1.29, 1.82) is 0 Å². The van der Waals surface area contributed by atoms with Crippen molar-refractivity contribution >= 4 is 33.7 Å². The lowest BCUT2D eigenvalue weighted by Crippen LogP contribution is -2.06. The summed E-state index contributed by atoms with van der Waals surface area (Å²) in [6, 6.07) is 3.68. The third-order valence-electron chi connectivity index (χ3n) is 7.35. The SMILES string of the molecule is CCCCCCCCCCCCc1cc(C(=O)Cl)c(CCCCCCCCCCCC)cc1C(=O)Cl. The predicted molar refractivity (Wildman–Crippen MR) is 158 cm³/mol. The van der Waals surface area contributed by atoms with E-state index < -0.39 is 10.5 Å². The van der Waals surface area contributed by atoms with E-state index in [0.717, 1.165) is 49.7 Å². The summed E-state index contributed by atoms with van der Waals surface area (Å²) >= 11 is 11.9. The van der Waals surface area contributed by atoms with Crippen molar-refractivity contribution in [1.82, 2.24) is 0 Å². The molecule has 0 heterocycles.